The Kier molecular flexibility index (Phi) is 4.27. The first kappa shape index (κ1) is 13.7. The SMILES string of the molecule is CC(c1cccc(N)c1)N(C)C(=O)N1CCOCC1. The van der Waals surface area contributed by atoms with E-state index in [9.17, 15) is 4.79 Å². The molecule has 1 fully saturated rings. The molecule has 1 atom stereocenters. The molecule has 1 aromatic rings. The highest BCUT2D eigenvalue weighted by Crippen LogP contribution is 2.21. The predicted octanol–water partition coefficient (Wildman–Crippen LogP) is 1.71. The summed E-state index contributed by atoms with van der Waals surface area (Å²) in [5, 5.41) is 0. The summed E-state index contributed by atoms with van der Waals surface area (Å²) >= 11 is 0. The number of nitrogens with zero attached hydrogens (tertiary/aromatic N) is 2. The lowest BCUT2D eigenvalue weighted by Gasteiger charge is -2.34. The number of amides is 2. The summed E-state index contributed by atoms with van der Waals surface area (Å²) in [6, 6.07) is 7.70. The fourth-order valence-electron chi connectivity index (χ4n) is 2.19. The summed E-state index contributed by atoms with van der Waals surface area (Å²) in [6.45, 7) is 4.56. The van der Waals surface area contributed by atoms with Crippen molar-refractivity contribution < 1.29 is 9.53 Å². The zero-order valence-electron chi connectivity index (χ0n) is 11.5. The van der Waals surface area contributed by atoms with Crippen LogP contribution in [0.1, 0.15) is 18.5 Å². The second kappa shape index (κ2) is 5.93. The first-order valence-corrected chi connectivity index (χ1v) is 6.54. The molecule has 5 heteroatoms. The molecule has 0 aromatic heterocycles. The number of morpholine rings is 1. The lowest BCUT2D eigenvalue weighted by atomic mass is 10.1. The zero-order valence-corrected chi connectivity index (χ0v) is 11.5. The predicted molar refractivity (Wildman–Crippen MR) is 74.8 cm³/mol. The third kappa shape index (κ3) is 3.17. The number of hydrogen-bond donors (Lipinski definition) is 1. The van der Waals surface area contributed by atoms with Crippen LogP contribution < -0.4 is 5.73 Å². The summed E-state index contributed by atoms with van der Waals surface area (Å²) in [7, 11) is 1.83. The van der Waals surface area contributed by atoms with Gasteiger partial charge < -0.3 is 20.3 Å². The maximum absolute atomic E-state index is 12.4. The topological polar surface area (TPSA) is 58.8 Å². The summed E-state index contributed by atoms with van der Waals surface area (Å²) < 4.78 is 5.26. The Hall–Kier alpha value is -1.75. The standard InChI is InChI=1S/C14H21N3O2/c1-11(12-4-3-5-13(15)10-12)16(2)14(18)17-6-8-19-9-7-17/h3-5,10-11H,6-9,15H2,1-2H3. The largest absolute Gasteiger partial charge is 0.399 e. The number of nitrogen functional groups attached to an aromatic ring is 1. The van der Waals surface area contributed by atoms with Gasteiger partial charge in [-0.15, -0.1) is 0 Å². The lowest BCUT2D eigenvalue weighted by Crippen LogP contribution is -2.47. The highest BCUT2D eigenvalue weighted by Gasteiger charge is 2.24. The van der Waals surface area contributed by atoms with Crippen molar-refractivity contribution in [3.8, 4) is 0 Å². The summed E-state index contributed by atoms with van der Waals surface area (Å²) in [4.78, 5) is 15.9. The van der Waals surface area contributed by atoms with Crippen molar-refractivity contribution in [1.29, 1.82) is 0 Å². The second-order valence-corrected chi connectivity index (χ2v) is 4.84. The van der Waals surface area contributed by atoms with Crippen LogP contribution in [0.2, 0.25) is 0 Å². The van der Waals surface area contributed by atoms with E-state index in [-0.39, 0.29) is 12.1 Å². The number of carbonyl (C=O) groups excluding carboxylic acids is 1. The molecule has 1 aromatic carbocycles. The van der Waals surface area contributed by atoms with Gasteiger partial charge in [0.1, 0.15) is 0 Å². The van der Waals surface area contributed by atoms with Gasteiger partial charge in [0.15, 0.2) is 0 Å². The van der Waals surface area contributed by atoms with Crippen molar-refractivity contribution in [2.75, 3.05) is 39.1 Å². The molecule has 2 rings (SSSR count). The van der Waals surface area contributed by atoms with Crippen molar-refractivity contribution in [2.45, 2.75) is 13.0 Å². The number of urea groups is 1. The van der Waals surface area contributed by atoms with Crippen LogP contribution in [0.5, 0.6) is 0 Å². The van der Waals surface area contributed by atoms with Gasteiger partial charge in [-0.25, -0.2) is 4.79 Å². The zero-order chi connectivity index (χ0) is 13.8. The Balaban J connectivity index is 2.05. The number of benzene rings is 1. The van der Waals surface area contributed by atoms with Crippen LogP contribution in [0, 0.1) is 0 Å². The van der Waals surface area contributed by atoms with Gasteiger partial charge in [-0.05, 0) is 24.6 Å². The molecular formula is C14H21N3O2. The van der Waals surface area contributed by atoms with Crippen LogP contribution in [0.3, 0.4) is 0 Å². The fraction of sp³-hybridized carbons (Fsp3) is 0.500. The van der Waals surface area contributed by atoms with Crippen molar-refractivity contribution in [1.82, 2.24) is 9.80 Å². The molecule has 2 amide bonds. The number of rotatable bonds is 2. The lowest BCUT2D eigenvalue weighted by molar-refractivity contribution is 0.0426. The van der Waals surface area contributed by atoms with Crippen LogP contribution >= 0.6 is 0 Å². The van der Waals surface area contributed by atoms with Gasteiger partial charge in [0.25, 0.3) is 0 Å². The van der Waals surface area contributed by atoms with Gasteiger partial charge >= 0.3 is 6.03 Å². The number of anilines is 1. The van der Waals surface area contributed by atoms with Gasteiger partial charge in [0, 0.05) is 25.8 Å². The van der Waals surface area contributed by atoms with Crippen LogP contribution in [-0.4, -0.2) is 49.2 Å². The summed E-state index contributed by atoms with van der Waals surface area (Å²) in [5.74, 6) is 0. The Labute approximate surface area is 113 Å². The number of hydrogen-bond acceptors (Lipinski definition) is 3. The first-order valence-electron chi connectivity index (χ1n) is 6.54. The normalized spacial score (nSPS) is 17.1. The average Bonchev–Trinajstić information content (AvgIpc) is 2.46. The molecule has 104 valence electrons. The highest BCUT2D eigenvalue weighted by atomic mass is 16.5. The summed E-state index contributed by atoms with van der Waals surface area (Å²) in [5.41, 5.74) is 7.55. The number of carbonyl (C=O) groups is 1. The minimum Gasteiger partial charge on any atom is -0.399 e. The van der Waals surface area contributed by atoms with Gasteiger partial charge in [0.05, 0.1) is 19.3 Å². The van der Waals surface area contributed by atoms with Crippen molar-refractivity contribution in [2.24, 2.45) is 0 Å². The van der Waals surface area contributed by atoms with E-state index in [0.717, 1.165) is 11.3 Å². The number of ether oxygens (including phenoxy) is 1. The van der Waals surface area contributed by atoms with Crippen LogP contribution in [0.4, 0.5) is 10.5 Å². The molecule has 1 aliphatic heterocycles. The molecule has 1 saturated heterocycles. The minimum atomic E-state index is -0.00107. The van der Waals surface area contributed by atoms with E-state index in [4.69, 9.17) is 10.5 Å². The van der Waals surface area contributed by atoms with Gasteiger partial charge in [-0.3, -0.25) is 0 Å². The van der Waals surface area contributed by atoms with E-state index in [1.165, 1.54) is 0 Å². The van der Waals surface area contributed by atoms with E-state index < -0.39 is 0 Å². The van der Waals surface area contributed by atoms with Crippen molar-refractivity contribution in [3.63, 3.8) is 0 Å². The Morgan fingerprint density at radius 3 is 2.74 bits per heavy atom. The van der Waals surface area contributed by atoms with Crippen LogP contribution in [0.15, 0.2) is 24.3 Å². The molecule has 0 aliphatic carbocycles. The van der Waals surface area contributed by atoms with E-state index in [0.29, 0.717) is 26.3 Å². The Morgan fingerprint density at radius 1 is 1.42 bits per heavy atom. The minimum absolute atomic E-state index is 0.00107. The molecular weight excluding hydrogens is 242 g/mol. The Morgan fingerprint density at radius 2 is 2.11 bits per heavy atom. The maximum atomic E-state index is 12.4. The molecule has 1 heterocycles. The molecule has 0 saturated carbocycles. The fourth-order valence-corrected chi connectivity index (χ4v) is 2.19. The molecule has 19 heavy (non-hydrogen) atoms. The molecule has 1 aliphatic rings. The van der Waals surface area contributed by atoms with E-state index in [1.807, 2.05) is 43.1 Å². The quantitative estimate of drug-likeness (QED) is 0.826. The average molecular weight is 263 g/mol. The third-order valence-electron chi connectivity index (χ3n) is 3.56. The van der Waals surface area contributed by atoms with E-state index in [2.05, 4.69) is 0 Å². The van der Waals surface area contributed by atoms with Gasteiger partial charge in [-0.2, -0.15) is 0 Å². The molecule has 1 unspecified atom stereocenters. The first-order chi connectivity index (χ1) is 9.09. The smallest absolute Gasteiger partial charge is 0.320 e. The molecule has 2 N–H and O–H groups in total. The van der Waals surface area contributed by atoms with Gasteiger partial charge in [0.2, 0.25) is 0 Å². The van der Waals surface area contributed by atoms with Crippen LogP contribution in [0.25, 0.3) is 0 Å². The number of nitrogens with two attached hydrogens (primary N) is 1. The monoisotopic (exact) mass is 263 g/mol. The van der Waals surface area contributed by atoms with Crippen molar-refractivity contribution >= 4 is 11.7 Å². The molecule has 5 nitrogen and oxygen atoms in total. The van der Waals surface area contributed by atoms with Gasteiger partial charge in [-0.1, -0.05) is 12.1 Å². The highest BCUT2D eigenvalue weighted by molar-refractivity contribution is 5.74. The maximum Gasteiger partial charge on any atom is 0.320 e. The molecule has 0 bridgehead atoms. The molecule has 0 radical (unpaired) electrons. The van der Waals surface area contributed by atoms with Crippen LogP contribution in [-0.2, 0) is 4.74 Å². The van der Waals surface area contributed by atoms with E-state index in [1.54, 1.807) is 4.90 Å². The molecule has 0 spiro atoms. The summed E-state index contributed by atoms with van der Waals surface area (Å²) in [6.07, 6.45) is 0. The van der Waals surface area contributed by atoms with Crippen molar-refractivity contribution in [3.05, 3.63) is 29.8 Å². The second-order valence-electron chi connectivity index (χ2n) is 4.84. The Bertz CT molecular complexity index is 444. The third-order valence-corrected chi connectivity index (χ3v) is 3.56. The van der Waals surface area contributed by atoms with E-state index >= 15 is 0 Å².